The molecular formula is C10H13IN2. The molecule has 2 N–H and O–H groups in total. The van der Waals surface area contributed by atoms with Gasteiger partial charge in [0.1, 0.15) is 0 Å². The number of hydrogen-bond acceptors (Lipinski definition) is 2. The van der Waals surface area contributed by atoms with Gasteiger partial charge in [0.2, 0.25) is 0 Å². The van der Waals surface area contributed by atoms with Crippen LogP contribution in [0.3, 0.4) is 0 Å². The van der Waals surface area contributed by atoms with Gasteiger partial charge in [0, 0.05) is 29.2 Å². The van der Waals surface area contributed by atoms with Crippen molar-refractivity contribution < 1.29 is 0 Å². The van der Waals surface area contributed by atoms with Crippen molar-refractivity contribution in [2.45, 2.75) is 6.04 Å². The van der Waals surface area contributed by atoms with Crippen molar-refractivity contribution in [2.24, 2.45) is 0 Å². The summed E-state index contributed by atoms with van der Waals surface area (Å²) in [6, 6.07) is 9.16. The number of rotatable bonds is 1. The fraction of sp³-hybridized carbons (Fsp3) is 0.400. The Morgan fingerprint density at radius 1 is 1.31 bits per heavy atom. The molecule has 1 fully saturated rings. The molecule has 1 aromatic rings. The number of nitrogens with one attached hydrogen (secondary N) is 2. The summed E-state index contributed by atoms with van der Waals surface area (Å²) in [5.74, 6) is 0. The van der Waals surface area contributed by atoms with Crippen LogP contribution < -0.4 is 10.6 Å². The molecule has 1 aliphatic rings. The fourth-order valence-electron chi connectivity index (χ4n) is 1.61. The number of benzene rings is 1. The van der Waals surface area contributed by atoms with Crippen molar-refractivity contribution in [3.05, 3.63) is 33.4 Å². The van der Waals surface area contributed by atoms with E-state index in [9.17, 15) is 0 Å². The third kappa shape index (κ3) is 2.42. The van der Waals surface area contributed by atoms with E-state index in [0.717, 1.165) is 19.6 Å². The van der Waals surface area contributed by atoms with E-state index in [4.69, 9.17) is 0 Å². The molecule has 0 unspecified atom stereocenters. The first kappa shape index (κ1) is 9.43. The van der Waals surface area contributed by atoms with E-state index in [1.807, 2.05) is 0 Å². The van der Waals surface area contributed by atoms with Gasteiger partial charge in [0.25, 0.3) is 0 Å². The summed E-state index contributed by atoms with van der Waals surface area (Å²) in [5, 5.41) is 6.88. The highest BCUT2D eigenvalue weighted by atomic mass is 127. The Balaban J connectivity index is 2.14. The van der Waals surface area contributed by atoms with Gasteiger partial charge in [-0.3, -0.25) is 0 Å². The lowest BCUT2D eigenvalue weighted by molar-refractivity contribution is 0.430. The van der Waals surface area contributed by atoms with E-state index in [1.54, 1.807) is 0 Å². The normalized spacial score (nSPS) is 23.0. The summed E-state index contributed by atoms with van der Waals surface area (Å²) in [5.41, 5.74) is 1.39. The smallest absolute Gasteiger partial charge is 0.0447 e. The van der Waals surface area contributed by atoms with Crippen LogP contribution in [-0.4, -0.2) is 19.6 Å². The molecule has 0 bridgehead atoms. The molecule has 3 heteroatoms. The van der Waals surface area contributed by atoms with Gasteiger partial charge in [-0.1, -0.05) is 12.1 Å². The summed E-state index contributed by atoms with van der Waals surface area (Å²) in [6.07, 6.45) is 0. The Morgan fingerprint density at radius 3 is 2.92 bits per heavy atom. The maximum Gasteiger partial charge on any atom is 0.0447 e. The van der Waals surface area contributed by atoms with E-state index >= 15 is 0 Å². The van der Waals surface area contributed by atoms with Gasteiger partial charge in [0.05, 0.1) is 0 Å². The average molecular weight is 288 g/mol. The molecule has 1 atom stereocenters. The third-order valence-electron chi connectivity index (χ3n) is 2.29. The molecule has 0 radical (unpaired) electrons. The lowest BCUT2D eigenvalue weighted by atomic mass is 10.1. The van der Waals surface area contributed by atoms with Crippen molar-refractivity contribution in [1.29, 1.82) is 0 Å². The quantitative estimate of drug-likeness (QED) is 0.766. The SMILES string of the molecule is Ic1cccc([C@@H]2CNCCN2)c1. The van der Waals surface area contributed by atoms with Crippen molar-refractivity contribution >= 4 is 22.6 Å². The Morgan fingerprint density at radius 2 is 2.23 bits per heavy atom. The van der Waals surface area contributed by atoms with E-state index in [2.05, 4.69) is 57.5 Å². The van der Waals surface area contributed by atoms with Crippen molar-refractivity contribution in [2.75, 3.05) is 19.6 Å². The maximum atomic E-state index is 3.50. The first-order chi connectivity index (χ1) is 6.36. The topological polar surface area (TPSA) is 24.1 Å². The van der Waals surface area contributed by atoms with Crippen LogP contribution in [0.15, 0.2) is 24.3 Å². The molecule has 0 saturated carbocycles. The molecule has 1 aromatic carbocycles. The lowest BCUT2D eigenvalue weighted by Crippen LogP contribution is -2.42. The zero-order valence-electron chi connectivity index (χ0n) is 7.39. The van der Waals surface area contributed by atoms with E-state index in [-0.39, 0.29) is 0 Å². The van der Waals surface area contributed by atoms with Crippen LogP contribution in [0.1, 0.15) is 11.6 Å². The summed E-state index contributed by atoms with van der Waals surface area (Å²) in [4.78, 5) is 0. The van der Waals surface area contributed by atoms with Gasteiger partial charge < -0.3 is 10.6 Å². The highest BCUT2D eigenvalue weighted by molar-refractivity contribution is 14.1. The molecule has 0 aliphatic carbocycles. The van der Waals surface area contributed by atoms with Crippen molar-refractivity contribution in [3.63, 3.8) is 0 Å². The largest absolute Gasteiger partial charge is 0.314 e. The standard InChI is InChI=1S/C10H13IN2/c11-9-3-1-2-8(6-9)10-7-12-4-5-13-10/h1-3,6,10,12-13H,4-5,7H2/t10-/m0/s1. The zero-order chi connectivity index (χ0) is 9.10. The predicted molar refractivity (Wildman–Crippen MR) is 62.8 cm³/mol. The predicted octanol–water partition coefficient (Wildman–Crippen LogP) is 1.53. The molecule has 1 heterocycles. The summed E-state index contributed by atoms with van der Waals surface area (Å²) < 4.78 is 1.31. The second-order valence-electron chi connectivity index (χ2n) is 3.27. The molecule has 1 aliphatic heterocycles. The van der Waals surface area contributed by atoms with Crippen LogP contribution in [-0.2, 0) is 0 Å². The number of hydrogen-bond donors (Lipinski definition) is 2. The van der Waals surface area contributed by atoms with Crippen LogP contribution in [0.25, 0.3) is 0 Å². The molecular weight excluding hydrogens is 275 g/mol. The minimum Gasteiger partial charge on any atom is -0.314 e. The van der Waals surface area contributed by atoms with Crippen LogP contribution in [0.5, 0.6) is 0 Å². The van der Waals surface area contributed by atoms with Crippen LogP contribution in [0.4, 0.5) is 0 Å². The van der Waals surface area contributed by atoms with E-state index in [0.29, 0.717) is 6.04 Å². The van der Waals surface area contributed by atoms with Crippen LogP contribution in [0.2, 0.25) is 0 Å². The Kier molecular flexibility index (Phi) is 3.18. The second kappa shape index (κ2) is 4.39. The first-order valence-corrected chi connectivity index (χ1v) is 5.64. The first-order valence-electron chi connectivity index (χ1n) is 4.56. The van der Waals surface area contributed by atoms with Gasteiger partial charge >= 0.3 is 0 Å². The van der Waals surface area contributed by atoms with Gasteiger partial charge in [0.15, 0.2) is 0 Å². The average Bonchev–Trinajstić information content (AvgIpc) is 2.19. The minimum absolute atomic E-state index is 0.489. The molecule has 2 rings (SSSR count). The number of piperazine rings is 1. The zero-order valence-corrected chi connectivity index (χ0v) is 9.54. The summed E-state index contributed by atoms with van der Waals surface area (Å²) >= 11 is 2.35. The molecule has 2 nitrogen and oxygen atoms in total. The maximum absolute atomic E-state index is 3.50. The Hall–Kier alpha value is -0.130. The number of halogens is 1. The summed E-state index contributed by atoms with van der Waals surface area (Å²) in [7, 11) is 0. The van der Waals surface area contributed by atoms with Crippen LogP contribution >= 0.6 is 22.6 Å². The molecule has 1 saturated heterocycles. The Bertz CT molecular complexity index is 282. The third-order valence-corrected chi connectivity index (χ3v) is 2.96. The molecule has 0 amide bonds. The van der Waals surface area contributed by atoms with Gasteiger partial charge in [-0.05, 0) is 40.3 Å². The minimum atomic E-state index is 0.489. The van der Waals surface area contributed by atoms with Gasteiger partial charge in [-0.15, -0.1) is 0 Å². The summed E-state index contributed by atoms with van der Waals surface area (Å²) in [6.45, 7) is 3.19. The van der Waals surface area contributed by atoms with Crippen molar-refractivity contribution in [3.8, 4) is 0 Å². The lowest BCUT2D eigenvalue weighted by Gasteiger charge is -2.24. The molecule has 0 aromatic heterocycles. The van der Waals surface area contributed by atoms with E-state index in [1.165, 1.54) is 9.13 Å². The fourth-order valence-corrected chi connectivity index (χ4v) is 2.18. The highest BCUT2D eigenvalue weighted by Crippen LogP contribution is 2.16. The van der Waals surface area contributed by atoms with E-state index < -0.39 is 0 Å². The molecule has 13 heavy (non-hydrogen) atoms. The van der Waals surface area contributed by atoms with Gasteiger partial charge in [-0.2, -0.15) is 0 Å². The highest BCUT2D eigenvalue weighted by Gasteiger charge is 2.13. The van der Waals surface area contributed by atoms with Crippen LogP contribution in [0, 0.1) is 3.57 Å². The van der Waals surface area contributed by atoms with Crippen molar-refractivity contribution in [1.82, 2.24) is 10.6 Å². The molecule has 0 spiro atoms. The van der Waals surface area contributed by atoms with Gasteiger partial charge in [-0.25, -0.2) is 0 Å². The Labute approximate surface area is 92.2 Å². The second-order valence-corrected chi connectivity index (χ2v) is 4.51. The molecule has 70 valence electrons. The monoisotopic (exact) mass is 288 g/mol.